The first-order chi connectivity index (χ1) is 8.29. The summed E-state index contributed by atoms with van der Waals surface area (Å²) in [4.78, 5) is 11.3. The normalized spacial score (nSPS) is 12.9. The molecule has 0 spiro atoms. The smallest absolute Gasteiger partial charge is 0.336 e. The maximum atomic E-state index is 12.4. The van der Waals surface area contributed by atoms with Crippen LogP contribution in [0.15, 0.2) is 24.3 Å². The van der Waals surface area contributed by atoms with Crippen LogP contribution >= 0.6 is 0 Å². The van der Waals surface area contributed by atoms with Crippen molar-refractivity contribution in [3.05, 3.63) is 29.8 Å². The average molecular weight is 261 g/mol. The number of alkyl halides is 3. The van der Waals surface area contributed by atoms with Crippen LogP contribution in [-0.4, -0.2) is 18.6 Å². The average Bonchev–Trinajstić information content (AvgIpc) is 2.25. The molecule has 0 radical (unpaired) electrons. The number of nitrogens with two attached hydrogens (primary N) is 1. The van der Waals surface area contributed by atoms with E-state index in [9.17, 15) is 18.0 Å². The van der Waals surface area contributed by atoms with E-state index in [0.29, 0.717) is 0 Å². The lowest BCUT2D eigenvalue weighted by molar-refractivity contribution is -0.137. The summed E-state index contributed by atoms with van der Waals surface area (Å²) in [6.07, 6.45) is -4.43. The van der Waals surface area contributed by atoms with Crippen molar-refractivity contribution in [1.29, 1.82) is 0 Å². The summed E-state index contributed by atoms with van der Waals surface area (Å²) < 4.78 is 37.2. The van der Waals surface area contributed by atoms with Gasteiger partial charge in [0.15, 0.2) is 0 Å². The van der Waals surface area contributed by atoms with Crippen molar-refractivity contribution in [1.82, 2.24) is 5.32 Å². The van der Waals surface area contributed by atoms with Crippen LogP contribution in [0.25, 0.3) is 0 Å². The van der Waals surface area contributed by atoms with E-state index in [-0.39, 0.29) is 18.3 Å². The van der Waals surface area contributed by atoms with Crippen LogP contribution in [0.2, 0.25) is 0 Å². The monoisotopic (exact) mass is 261 g/mol. The van der Waals surface area contributed by atoms with Crippen LogP contribution in [0.1, 0.15) is 12.5 Å². The second-order valence-corrected chi connectivity index (χ2v) is 3.89. The van der Waals surface area contributed by atoms with Gasteiger partial charge in [0.2, 0.25) is 0 Å². The van der Waals surface area contributed by atoms with Gasteiger partial charge in [0, 0.05) is 18.3 Å². The van der Waals surface area contributed by atoms with Crippen LogP contribution < -0.4 is 16.4 Å². The molecule has 0 aliphatic carbocycles. The SMILES string of the molecule is CC(N)CNC(=O)Nc1cccc(C(F)(F)F)c1. The predicted octanol–water partition coefficient (Wildman–Crippen LogP) is 2.17. The maximum absolute atomic E-state index is 12.4. The number of rotatable bonds is 3. The molecule has 2 amide bonds. The van der Waals surface area contributed by atoms with Gasteiger partial charge in [-0.05, 0) is 25.1 Å². The van der Waals surface area contributed by atoms with Gasteiger partial charge >= 0.3 is 12.2 Å². The summed E-state index contributed by atoms with van der Waals surface area (Å²) in [6, 6.07) is 3.59. The lowest BCUT2D eigenvalue weighted by atomic mass is 10.2. The van der Waals surface area contributed by atoms with Crippen LogP contribution in [0.5, 0.6) is 0 Å². The minimum atomic E-state index is -4.43. The quantitative estimate of drug-likeness (QED) is 0.780. The van der Waals surface area contributed by atoms with Gasteiger partial charge in [-0.25, -0.2) is 4.79 Å². The molecule has 4 nitrogen and oxygen atoms in total. The molecule has 7 heteroatoms. The van der Waals surface area contributed by atoms with Crippen molar-refractivity contribution in [2.75, 3.05) is 11.9 Å². The Morgan fingerprint density at radius 3 is 2.67 bits per heavy atom. The minimum Gasteiger partial charge on any atom is -0.336 e. The predicted molar refractivity (Wildman–Crippen MR) is 62.1 cm³/mol. The fraction of sp³-hybridized carbons (Fsp3) is 0.364. The van der Waals surface area contributed by atoms with Crippen LogP contribution in [0.4, 0.5) is 23.7 Å². The van der Waals surface area contributed by atoms with Crippen molar-refractivity contribution in [3.8, 4) is 0 Å². The van der Waals surface area contributed by atoms with Crippen molar-refractivity contribution in [2.45, 2.75) is 19.1 Å². The van der Waals surface area contributed by atoms with Gasteiger partial charge in [0.05, 0.1) is 5.56 Å². The number of hydrogen-bond acceptors (Lipinski definition) is 2. The highest BCUT2D eigenvalue weighted by atomic mass is 19.4. The molecule has 0 fully saturated rings. The number of nitrogens with one attached hydrogen (secondary N) is 2. The zero-order chi connectivity index (χ0) is 13.8. The molecule has 1 rings (SSSR count). The Balaban J connectivity index is 2.65. The van der Waals surface area contributed by atoms with Gasteiger partial charge in [-0.15, -0.1) is 0 Å². The molecule has 1 unspecified atom stereocenters. The zero-order valence-corrected chi connectivity index (χ0v) is 9.71. The summed E-state index contributed by atoms with van der Waals surface area (Å²) in [5.41, 5.74) is 4.69. The number of halogens is 3. The fourth-order valence-electron chi connectivity index (χ4n) is 1.20. The third-order valence-corrected chi connectivity index (χ3v) is 2.03. The van der Waals surface area contributed by atoms with E-state index in [1.54, 1.807) is 6.92 Å². The topological polar surface area (TPSA) is 67.1 Å². The van der Waals surface area contributed by atoms with E-state index in [0.717, 1.165) is 12.1 Å². The molecule has 1 aromatic carbocycles. The van der Waals surface area contributed by atoms with Crippen molar-refractivity contribution >= 4 is 11.7 Å². The minimum absolute atomic E-state index is 0.0759. The standard InChI is InChI=1S/C11H14F3N3O/c1-7(15)6-16-10(18)17-9-4-2-3-8(5-9)11(12,13)14/h2-5,7H,6,15H2,1H3,(H2,16,17,18). The van der Waals surface area contributed by atoms with Gasteiger partial charge in [0.1, 0.15) is 0 Å². The Hall–Kier alpha value is -1.76. The number of benzene rings is 1. The molecule has 0 aliphatic heterocycles. The molecule has 4 N–H and O–H groups in total. The molecule has 1 atom stereocenters. The van der Waals surface area contributed by atoms with Crippen molar-refractivity contribution in [2.24, 2.45) is 5.73 Å². The summed E-state index contributed by atoms with van der Waals surface area (Å²) in [5, 5.41) is 4.74. The third-order valence-electron chi connectivity index (χ3n) is 2.03. The summed E-state index contributed by atoms with van der Waals surface area (Å²) in [6.45, 7) is 1.94. The van der Waals surface area contributed by atoms with Crippen LogP contribution in [0, 0.1) is 0 Å². The molecule has 0 aromatic heterocycles. The Morgan fingerprint density at radius 2 is 2.11 bits per heavy atom. The van der Waals surface area contributed by atoms with E-state index in [1.807, 2.05) is 0 Å². The van der Waals surface area contributed by atoms with Crippen molar-refractivity contribution in [3.63, 3.8) is 0 Å². The van der Waals surface area contributed by atoms with Gasteiger partial charge in [-0.2, -0.15) is 13.2 Å². The van der Waals surface area contributed by atoms with Crippen molar-refractivity contribution < 1.29 is 18.0 Å². The summed E-state index contributed by atoms with van der Waals surface area (Å²) in [5.74, 6) is 0. The Morgan fingerprint density at radius 1 is 1.44 bits per heavy atom. The molecule has 0 heterocycles. The lowest BCUT2D eigenvalue weighted by Crippen LogP contribution is -2.37. The van der Waals surface area contributed by atoms with Crippen LogP contribution in [-0.2, 0) is 6.18 Å². The largest absolute Gasteiger partial charge is 0.416 e. The number of hydrogen-bond donors (Lipinski definition) is 3. The molecule has 0 bridgehead atoms. The van der Waals surface area contributed by atoms with E-state index < -0.39 is 17.8 Å². The van der Waals surface area contributed by atoms with E-state index >= 15 is 0 Å². The Bertz CT molecular complexity index is 418. The lowest BCUT2D eigenvalue weighted by Gasteiger charge is -2.11. The number of anilines is 1. The second-order valence-electron chi connectivity index (χ2n) is 3.89. The fourth-order valence-corrected chi connectivity index (χ4v) is 1.20. The van der Waals surface area contributed by atoms with Gasteiger partial charge < -0.3 is 16.4 Å². The second kappa shape index (κ2) is 5.72. The first-order valence-corrected chi connectivity index (χ1v) is 5.26. The molecule has 18 heavy (non-hydrogen) atoms. The Kier molecular flexibility index (Phi) is 4.55. The highest BCUT2D eigenvalue weighted by Gasteiger charge is 2.30. The van der Waals surface area contributed by atoms with Gasteiger partial charge in [-0.1, -0.05) is 6.07 Å². The first-order valence-electron chi connectivity index (χ1n) is 5.26. The molecular formula is C11H14F3N3O. The van der Waals surface area contributed by atoms with E-state index in [1.165, 1.54) is 12.1 Å². The highest BCUT2D eigenvalue weighted by molar-refractivity contribution is 5.89. The highest BCUT2D eigenvalue weighted by Crippen LogP contribution is 2.30. The molecule has 0 aliphatic rings. The molecule has 0 saturated carbocycles. The maximum Gasteiger partial charge on any atom is 0.416 e. The first kappa shape index (κ1) is 14.3. The molecular weight excluding hydrogens is 247 g/mol. The zero-order valence-electron chi connectivity index (χ0n) is 9.71. The van der Waals surface area contributed by atoms with E-state index in [2.05, 4.69) is 10.6 Å². The summed E-state index contributed by atoms with van der Waals surface area (Å²) >= 11 is 0. The third kappa shape index (κ3) is 4.62. The molecule has 0 saturated heterocycles. The molecule has 100 valence electrons. The van der Waals surface area contributed by atoms with Gasteiger partial charge in [0.25, 0.3) is 0 Å². The number of amides is 2. The summed E-state index contributed by atoms with van der Waals surface area (Å²) in [7, 11) is 0. The van der Waals surface area contributed by atoms with Gasteiger partial charge in [-0.3, -0.25) is 0 Å². The number of carbonyl (C=O) groups excluding carboxylic acids is 1. The van der Waals surface area contributed by atoms with E-state index in [4.69, 9.17) is 5.73 Å². The number of carbonyl (C=O) groups is 1. The van der Waals surface area contributed by atoms with Crippen LogP contribution in [0.3, 0.4) is 0 Å². The Labute approximate surface area is 102 Å². The molecule has 1 aromatic rings. The number of urea groups is 1.